The van der Waals surface area contributed by atoms with Crippen molar-refractivity contribution < 1.29 is 0 Å². The first-order valence-corrected chi connectivity index (χ1v) is 5.50. The quantitative estimate of drug-likeness (QED) is 0.887. The van der Waals surface area contributed by atoms with E-state index < -0.39 is 0 Å². The van der Waals surface area contributed by atoms with Crippen LogP contribution in [0.4, 0.5) is 5.69 Å². The van der Waals surface area contributed by atoms with Gasteiger partial charge in [-0.15, -0.1) is 0 Å². The lowest BCUT2D eigenvalue weighted by molar-refractivity contribution is 0.837. The van der Waals surface area contributed by atoms with Crippen LogP contribution in [0.25, 0.3) is 0 Å². The molecule has 0 spiro atoms. The van der Waals surface area contributed by atoms with Crippen LogP contribution >= 0.6 is 11.6 Å². The number of halogens is 1. The monoisotopic (exact) mass is 235 g/mol. The molecule has 0 aliphatic heterocycles. The van der Waals surface area contributed by atoms with Crippen molar-refractivity contribution in [1.29, 1.82) is 0 Å². The van der Waals surface area contributed by atoms with Crippen molar-refractivity contribution in [3.05, 3.63) is 47.0 Å². The van der Waals surface area contributed by atoms with Crippen LogP contribution in [0.15, 0.2) is 30.7 Å². The first-order valence-electron chi connectivity index (χ1n) is 5.12. The third-order valence-electron chi connectivity index (χ3n) is 2.64. The van der Waals surface area contributed by atoms with Crippen molar-refractivity contribution in [2.75, 3.05) is 5.32 Å². The molecule has 1 N–H and O–H groups in total. The molecule has 0 fully saturated rings. The summed E-state index contributed by atoms with van der Waals surface area (Å²) in [6.45, 7) is 2.76. The van der Waals surface area contributed by atoms with E-state index in [1.54, 1.807) is 6.33 Å². The topological polar surface area (TPSA) is 29.9 Å². The summed E-state index contributed by atoms with van der Waals surface area (Å²) >= 11 is 6.05. The summed E-state index contributed by atoms with van der Waals surface area (Å²) in [5, 5.41) is 4.14. The number of anilines is 1. The fourth-order valence-electron chi connectivity index (χ4n) is 1.54. The van der Waals surface area contributed by atoms with E-state index in [4.69, 9.17) is 11.6 Å². The van der Waals surface area contributed by atoms with Gasteiger partial charge in [-0.25, -0.2) is 4.98 Å². The Kier molecular flexibility index (Phi) is 3.15. The highest BCUT2D eigenvalue weighted by Gasteiger charge is 2.02. The Bertz CT molecular complexity index is 491. The first kappa shape index (κ1) is 11.0. The Hall–Kier alpha value is -1.48. The van der Waals surface area contributed by atoms with Crippen molar-refractivity contribution in [1.82, 2.24) is 9.55 Å². The number of rotatable bonds is 3. The molecule has 0 saturated carbocycles. The fraction of sp³-hybridized carbons (Fsp3) is 0.250. The molecular formula is C12H14ClN3. The smallest absolute Gasteiger partial charge is 0.0946 e. The summed E-state index contributed by atoms with van der Waals surface area (Å²) in [5.41, 5.74) is 3.28. The Morgan fingerprint density at radius 1 is 1.44 bits per heavy atom. The average Bonchev–Trinajstić information content (AvgIpc) is 2.67. The molecule has 0 saturated heterocycles. The molecule has 0 amide bonds. The van der Waals surface area contributed by atoms with Crippen LogP contribution < -0.4 is 5.32 Å². The molecular weight excluding hydrogens is 222 g/mol. The van der Waals surface area contributed by atoms with Gasteiger partial charge >= 0.3 is 0 Å². The predicted molar refractivity (Wildman–Crippen MR) is 66.7 cm³/mol. The van der Waals surface area contributed by atoms with E-state index in [0.717, 1.165) is 28.5 Å². The number of aromatic nitrogens is 2. The second-order valence-corrected chi connectivity index (χ2v) is 4.17. The highest BCUT2D eigenvalue weighted by Crippen LogP contribution is 2.23. The highest BCUT2D eigenvalue weighted by molar-refractivity contribution is 6.31. The molecule has 1 aromatic carbocycles. The first-order chi connectivity index (χ1) is 7.68. The normalized spacial score (nSPS) is 10.4. The fourth-order valence-corrected chi connectivity index (χ4v) is 1.71. The number of nitrogens with one attached hydrogen (secondary N) is 1. The van der Waals surface area contributed by atoms with E-state index in [-0.39, 0.29) is 0 Å². The summed E-state index contributed by atoms with van der Waals surface area (Å²) in [6.07, 6.45) is 3.65. The summed E-state index contributed by atoms with van der Waals surface area (Å²) in [6, 6.07) is 5.87. The third kappa shape index (κ3) is 2.19. The van der Waals surface area contributed by atoms with Gasteiger partial charge in [-0.2, -0.15) is 0 Å². The largest absolute Gasteiger partial charge is 0.379 e. The van der Waals surface area contributed by atoms with Crippen molar-refractivity contribution >= 4 is 17.3 Å². The third-order valence-corrected chi connectivity index (χ3v) is 3.05. The van der Waals surface area contributed by atoms with Gasteiger partial charge in [0, 0.05) is 24.0 Å². The lowest BCUT2D eigenvalue weighted by atomic mass is 10.2. The number of benzene rings is 1. The lowest BCUT2D eigenvalue weighted by Gasteiger charge is -2.10. The maximum atomic E-state index is 6.05. The summed E-state index contributed by atoms with van der Waals surface area (Å²) < 4.78 is 1.99. The second-order valence-electron chi connectivity index (χ2n) is 3.76. The van der Waals surface area contributed by atoms with Gasteiger partial charge in [-0.1, -0.05) is 17.7 Å². The van der Waals surface area contributed by atoms with Crippen LogP contribution in [0.3, 0.4) is 0 Å². The molecule has 3 nitrogen and oxygen atoms in total. The number of aryl methyl sites for hydroxylation is 1. The van der Waals surface area contributed by atoms with Gasteiger partial charge in [-0.3, -0.25) is 0 Å². The zero-order chi connectivity index (χ0) is 11.5. The molecule has 1 aromatic heterocycles. The predicted octanol–water partition coefficient (Wildman–Crippen LogP) is 2.99. The Labute approximate surface area is 100 Å². The van der Waals surface area contributed by atoms with Crippen LogP contribution in [-0.4, -0.2) is 9.55 Å². The van der Waals surface area contributed by atoms with Gasteiger partial charge in [0.1, 0.15) is 0 Å². The maximum Gasteiger partial charge on any atom is 0.0946 e. The van der Waals surface area contributed by atoms with Crippen LogP contribution in [0.2, 0.25) is 5.02 Å². The van der Waals surface area contributed by atoms with Gasteiger partial charge in [0.15, 0.2) is 0 Å². The minimum atomic E-state index is 0.748. The van der Waals surface area contributed by atoms with Gasteiger partial charge in [0.2, 0.25) is 0 Å². The van der Waals surface area contributed by atoms with Gasteiger partial charge in [-0.05, 0) is 24.6 Å². The highest BCUT2D eigenvalue weighted by atomic mass is 35.5. The number of hydrogen-bond donors (Lipinski definition) is 1. The minimum absolute atomic E-state index is 0.748. The van der Waals surface area contributed by atoms with E-state index in [9.17, 15) is 0 Å². The molecule has 0 aliphatic rings. The van der Waals surface area contributed by atoms with Crippen LogP contribution in [0, 0.1) is 6.92 Å². The lowest BCUT2D eigenvalue weighted by Crippen LogP contribution is -2.05. The minimum Gasteiger partial charge on any atom is -0.379 e. The summed E-state index contributed by atoms with van der Waals surface area (Å²) in [4.78, 5) is 4.07. The molecule has 16 heavy (non-hydrogen) atoms. The Morgan fingerprint density at radius 2 is 2.25 bits per heavy atom. The van der Waals surface area contributed by atoms with Crippen molar-refractivity contribution in [3.8, 4) is 0 Å². The molecule has 4 heteroatoms. The molecule has 0 aliphatic carbocycles. The maximum absolute atomic E-state index is 6.05. The van der Waals surface area contributed by atoms with Crippen molar-refractivity contribution in [2.45, 2.75) is 13.5 Å². The molecule has 84 valence electrons. The molecule has 2 rings (SSSR count). The molecule has 0 atom stereocenters. The van der Waals surface area contributed by atoms with E-state index in [2.05, 4.69) is 10.3 Å². The number of nitrogens with zero attached hydrogens (tertiary/aromatic N) is 2. The zero-order valence-electron chi connectivity index (χ0n) is 9.37. The average molecular weight is 236 g/mol. The molecule has 0 radical (unpaired) electrons. The second kappa shape index (κ2) is 4.58. The van der Waals surface area contributed by atoms with Crippen molar-refractivity contribution in [3.63, 3.8) is 0 Å². The molecule has 2 aromatic rings. The van der Waals surface area contributed by atoms with E-state index in [1.807, 2.05) is 42.9 Å². The molecule has 0 unspecified atom stereocenters. The van der Waals surface area contributed by atoms with Gasteiger partial charge in [0.05, 0.1) is 18.6 Å². The summed E-state index contributed by atoms with van der Waals surface area (Å²) in [7, 11) is 1.98. The molecule has 1 heterocycles. The van der Waals surface area contributed by atoms with E-state index >= 15 is 0 Å². The van der Waals surface area contributed by atoms with E-state index in [0.29, 0.717) is 0 Å². The van der Waals surface area contributed by atoms with Gasteiger partial charge in [0.25, 0.3) is 0 Å². The van der Waals surface area contributed by atoms with Crippen LogP contribution in [-0.2, 0) is 13.6 Å². The van der Waals surface area contributed by atoms with Crippen LogP contribution in [0.5, 0.6) is 0 Å². The standard InChI is InChI=1S/C12H14ClN3/c1-9-11(13)4-3-5-12(9)15-7-10-6-14-8-16(10)2/h3-6,8,15H,7H2,1-2H3. The Balaban J connectivity index is 2.11. The van der Waals surface area contributed by atoms with E-state index in [1.165, 1.54) is 0 Å². The zero-order valence-corrected chi connectivity index (χ0v) is 10.1. The number of hydrogen-bond acceptors (Lipinski definition) is 2. The molecule has 0 bridgehead atoms. The SMILES string of the molecule is Cc1c(Cl)cccc1NCc1cncn1C. The Morgan fingerprint density at radius 3 is 2.94 bits per heavy atom. The number of imidazole rings is 1. The van der Waals surface area contributed by atoms with Crippen LogP contribution in [0.1, 0.15) is 11.3 Å². The van der Waals surface area contributed by atoms with Crippen molar-refractivity contribution in [2.24, 2.45) is 7.05 Å². The van der Waals surface area contributed by atoms with Gasteiger partial charge < -0.3 is 9.88 Å². The summed E-state index contributed by atoms with van der Waals surface area (Å²) in [5.74, 6) is 0.